The molecule has 0 saturated heterocycles. The minimum absolute atomic E-state index is 0.528. The van der Waals surface area contributed by atoms with Crippen molar-refractivity contribution in [3.8, 4) is 0 Å². The number of rotatable bonds is 3. The minimum Gasteiger partial charge on any atom is -0.341 e. The molecule has 3 heterocycles. The van der Waals surface area contributed by atoms with Gasteiger partial charge in [-0.25, -0.2) is 19.9 Å². The summed E-state index contributed by atoms with van der Waals surface area (Å²) < 4.78 is 0. The van der Waals surface area contributed by atoms with Crippen molar-refractivity contribution >= 4 is 34.5 Å². The highest BCUT2D eigenvalue weighted by Gasteiger charge is 2.08. The second kappa shape index (κ2) is 4.91. The van der Waals surface area contributed by atoms with Crippen molar-refractivity contribution < 1.29 is 0 Å². The van der Waals surface area contributed by atoms with E-state index < -0.39 is 0 Å². The highest BCUT2D eigenvalue weighted by atomic mass is 35.5. The van der Waals surface area contributed by atoms with Crippen LogP contribution in [0.4, 0.5) is 0 Å². The summed E-state index contributed by atoms with van der Waals surface area (Å²) in [4.78, 5) is 19.5. The number of hydrogen-bond acceptors (Lipinski definition) is 5. The van der Waals surface area contributed by atoms with Crippen LogP contribution in [-0.2, 0) is 5.75 Å². The van der Waals surface area contributed by atoms with Crippen LogP contribution in [-0.4, -0.2) is 24.9 Å². The van der Waals surface area contributed by atoms with E-state index in [9.17, 15) is 0 Å². The van der Waals surface area contributed by atoms with Crippen molar-refractivity contribution in [2.45, 2.75) is 10.8 Å². The molecule has 0 radical (unpaired) electrons. The predicted octanol–water partition coefficient (Wildman–Crippen LogP) is 2.69. The largest absolute Gasteiger partial charge is 0.341 e. The zero-order chi connectivity index (χ0) is 12.4. The topological polar surface area (TPSA) is 67.3 Å². The van der Waals surface area contributed by atoms with Crippen LogP contribution in [0.1, 0.15) is 5.56 Å². The van der Waals surface area contributed by atoms with E-state index in [0.717, 1.165) is 16.1 Å². The molecule has 3 aromatic rings. The number of fused-ring (bicyclic) bond motifs is 1. The van der Waals surface area contributed by atoms with Crippen molar-refractivity contribution in [3.05, 3.63) is 41.7 Å². The highest BCUT2D eigenvalue weighted by Crippen LogP contribution is 2.27. The Kier molecular flexibility index (Phi) is 3.12. The van der Waals surface area contributed by atoms with Gasteiger partial charge in [-0.3, -0.25) is 0 Å². The Balaban J connectivity index is 1.85. The number of aromatic nitrogens is 5. The number of hydrogen-bond donors (Lipinski definition) is 1. The number of aromatic amines is 1. The molecule has 0 aliphatic heterocycles. The smallest absolute Gasteiger partial charge is 0.181 e. The molecule has 0 amide bonds. The Hall–Kier alpha value is -1.66. The standard InChI is InChI=1S/C11H8ClN5S/c12-9-7(2-1-3-13-9)4-18-11-8-10(15-5-14-8)16-6-17-11/h1-3,5-6H,4H2,(H,14,15,16,17). The third kappa shape index (κ3) is 2.16. The lowest BCUT2D eigenvalue weighted by Crippen LogP contribution is -1.89. The molecular weight excluding hydrogens is 270 g/mol. The summed E-state index contributed by atoms with van der Waals surface area (Å²) in [5.41, 5.74) is 2.50. The number of imidazole rings is 1. The van der Waals surface area contributed by atoms with E-state index in [4.69, 9.17) is 11.6 Å². The van der Waals surface area contributed by atoms with Gasteiger partial charge in [0.1, 0.15) is 22.0 Å². The van der Waals surface area contributed by atoms with Crippen LogP contribution >= 0.6 is 23.4 Å². The van der Waals surface area contributed by atoms with Crippen molar-refractivity contribution in [2.75, 3.05) is 0 Å². The van der Waals surface area contributed by atoms with E-state index in [2.05, 4.69) is 24.9 Å². The van der Waals surface area contributed by atoms with E-state index in [1.807, 2.05) is 12.1 Å². The summed E-state index contributed by atoms with van der Waals surface area (Å²) >= 11 is 7.59. The lowest BCUT2D eigenvalue weighted by Gasteiger charge is -2.03. The van der Waals surface area contributed by atoms with Gasteiger partial charge in [-0.1, -0.05) is 29.4 Å². The second-order valence-electron chi connectivity index (χ2n) is 3.52. The van der Waals surface area contributed by atoms with Gasteiger partial charge in [0.05, 0.1) is 6.33 Å². The molecule has 0 atom stereocenters. The maximum atomic E-state index is 6.01. The minimum atomic E-state index is 0.528. The molecule has 0 unspecified atom stereocenters. The van der Waals surface area contributed by atoms with Gasteiger partial charge in [0.25, 0.3) is 0 Å². The molecule has 1 N–H and O–H groups in total. The first kappa shape index (κ1) is 11.4. The Morgan fingerprint density at radius 1 is 1.22 bits per heavy atom. The number of nitrogens with zero attached hydrogens (tertiary/aromatic N) is 4. The Morgan fingerprint density at radius 3 is 3.06 bits per heavy atom. The molecule has 5 nitrogen and oxygen atoms in total. The van der Waals surface area contributed by atoms with Crippen LogP contribution in [0, 0.1) is 0 Å². The van der Waals surface area contributed by atoms with Crippen molar-refractivity contribution in [1.29, 1.82) is 0 Å². The average molecular weight is 278 g/mol. The Bertz CT molecular complexity index is 684. The van der Waals surface area contributed by atoms with Gasteiger partial charge in [0, 0.05) is 11.9 Å². The maximum Gasteiger partial charge on any atom is 0.181 e. The summed E-state index contributed by atoms with van der Waals surface area (Å²) in [6.45, 7) is 0. The third-order valence-electron chi connectivity index (χ3n) is 2.39. The molecule has 7 heteroatoms. The molecule has 3 rings (SSSR count). The molecule has 0 aliphatic carbocycles. The fourth-order valence-electron chi connectivity index (χ4n) is 1.53. The normalized spacial score (nSPS) is 10.9. The van der Waals surface area contributed by atoms with E-state index in [1.165, 1.54) is 6.33 Å². The number of thioether (sulfide) groups is 1. The van der Waals surface area contributed by atoms with Crippen molar-refractivity contribution in [3.63, 3.8) is 0 Å². The van der Waals surface area contributed by atoms with Crippen LogP contribution < -0.4 is 0 Å². The zero-order valence-corrected chi connectivity index (χ0v) is 10.7. The van der Waals surface area contributed by atoms with Gasteiger partial charge in [-0.2, -0.15) is 0 Å². The van der Waals surface area contributed by atoms with E-state index in [-0.39, 0.29) is 0 Å². The molecule has 0 bridgehead atoms. The van der Waals surface area contributed by atoms with Gasteiger partial charge in [0.15, 0.2) is 5.65 Å². The molecule has 0 saturated carbocycles. The Morgan fingerprint density at radius 2 is 2.17 bits per heavy atom. The first-order valence-corrected chi connectivity index (χ1v) is 6.57. The summed E-state index contributed by atoms with van der Waals surface area (Å²) in [7, 11) is 0. The lowest BCUT2D eigenvalue weighted by molar-refractivity contribution is 1.08. The molecule has 90 valence electrons. The fourth-order valence-corrected chi connectivity index (χ4v) is 2.73. The van der Waals surface area contributed by atoms with Crippen LogP contribution in [0.5, 0.6) is 0 Å². The molecule has 0 fully saturated rings. The fraction of sp³-hybridized carbons (Fsp3) is 0.0909. The summed E-state index contributed by atoms with van der Waals surface area (Å²) in [5.74, 6) is 0.706. The summed E-state index contributed by atoms with van der Waals surface area (Å²) in [5, 5.41) is 1.39. The number of nitrogens with one attached hydrogen (secondary N) is 1. The SMILES string of the molecule is Clc1ncccc1CSc1ncnc2nc[nH]c12. The van der Waals surface area contributed by atoms with Crippen molar-refractivity contribution in [1.82, 2.24) is 24.9 Å². The number of halogens is 1. The Labute approximate surface area is 112 Å². The average Bonchev–Trinajstić information content (AvgIpc) is 2.86. The van der Waals surface area contributed by atoms with Gasteiger partial charge in [-0.15, -0.1) is 0 Å². The van der Waals surface area contributed by atoms with E-state index >= 15 is 0 Å². The van der Waals surface area contributed by atoms with Crippen LogP contribution in [0.3, 0.4) is 0 Å². The van der Waals surface area contributed by atoms with Gasteiger partial charge in [-0.05, 0) is 11.6 Å². The number of pyridine rings is 1. The van der Waals surface area contributed by atoms with E-state index in [0.29, 0.717) is 16.6 Å². The first-order valence-electron chi connectivity index (χ1n) is 5.21. The summed E-state index contributed by atoms with van der Waals surface area (Å²) in [6.07, 6.45) is 4.80. The van der Waals surface area contributed by atoms with Gasteiger partial charge < -0.3 is 4.98 Å². The number of H-pyrrole nitrogens is 1. The molecular formula is C11H8ClN5S. The van der Waals surface area contributed by atoms with Crippen LogP contribution in [0.2, 0.25) is 5.15 Å². The van der Waals surface area contributed by atoms with Gasteiger partial charge >= 0.3 is 0 Å². The van der Waals surface area contributed by atoms with Crippen molar-refractivity contribution in [2.24, 2.45) is 0 Å². The lowest BCUT2D eigenvalue weighted by atomic mass is 10.3. The molecule has 0 aliphatic rings. The second-order valence-corrected chi connectivity index (χ2v) is 4.84. The summed E-state index contributed by atoms with van der Waals surface area (Å²) in [6, 6.07) is 3.82. The van der Waals surface area contributed by atoms with Gasteiger partial charge in [0.2, 0.25) is 0 Å². The molecule has 3 aromatic heterocycles. The third-order valence-corrected chi connectivity index (χ3v) is 3.77. The molecule has 0 spiro atoms. The highest BCUT2D eigenvalue weighted by molar-refractivity contribution is 7.98. The van der Waals surface area contributed by atoms with Crippen LogP contribution in [0.15, 0.2) is 36.0 Å². The zero-order valence-electron chi connectivity index (χ0n) is 9.17. The quantitative estimate of drug-likeness (QED) is 0.453. The maximum absolute atomic E-state index is 6.01. The van der Waals surface area contributed by atoms with E-state index in [1.54, 1.807) is 24.3 Å². The van der Waals surface area contributed by atoms with Crippen LogP contribution in [0.25, 0.3) is 11.2 Å². The predicted molar refractivity (Wildman–Crippen MR) is 70.5 cm³/mol. The molecule has 18 heavy (non-hydrogen) atoms. The first-order chi connectivity index (χ1) is 8.84. The monoisotopic (exact) mass is 277 g/mol. The molecule has 0 aromatic carbocycles.